The highest BCUT2D eigenvalue weighted by Crippen LogP contribution is 2.63. The van der Waals surface area contributed by atoms with Crippen molar-refractivity contribution in [3.8, 4) is 44.5 Å². The number of hydrogen-bond acceptors (Lipinski definition) is 1. The summed E-state index contributed by atoms with van der Waals surface area (Å²) in [7, 11) is 0. The van der Waals surface area contributed by atoms with Crippen LogP contribution in [-0.2, 0) is 5.41 Å². The maximum Gasteiger partial charge on any atom is 0.158 e. The molecule has 2 heterocycles. The standard InChI is InChI=1S/C44H27NO/c46-43-34-16-2-1-11-28(34)35-23-27(24-36-33-15-6-10-20-41(33)45(43)42(35)36)26-21-22-32-31-14-5-9-19-39(31)44(40(32)25-26)37-17-7-3-12-29(37)30-13-4-8-18-38(30)44/h1-25,43,46H. The molecule has 1 spiro atoms. The van der Waals surface area contributed by atoms with Crippen molar-refractivity contribution in [2.24, 2.45) is 0 Å². The first-order valence-electron chi connectivity index (χ1n) is 16.0. The van der Waals surface area contributed by atoms with E-state index in [4.69, 9.17) is 0 Å². The molecular formula is C44H27NO. The molecular weight excluding hydrogens is 558 g/mol. The molecule has 11 rings (SSSR count). The molecule has 0 fully saturated rings. The summed E-state index contributed by atoms with van der Waals surface area (Å²) in [6.07, 6.45) is -0.724. The highest BCUT2D eigenvalue weighted by molar-refractivity contribution is 6.15. The number of rotatable bonds is 1. The first-order valence-corrected chi connectivity index (χ1v) is 16.0. The Morgan fingerprint density at radius 2 is 1.00 bits per heavy atom. The van der Waals surface area contributed by atoms with E-state index in [9.17, 15) is 5.11 Å². The van der Waals surface area contributed by atoms with Gasteiger partial charge in [0.25, 0.3) is 0 Å². The van der Waals surface area contributed by atoms with Crippen LogP contribution in [0.1, 0.15) is 34.0 Å². The number of fused-ring (bicyclic) bond motifs is 15. The second-order valence-corrected chi connectivity index (χ2v) is 12.9. The first-order chi connectivity index (χ1) is 22.7. The molecule has 8 aromatic rings. The zero-order chi connectivity index (χ0) is 30.1. The van der Waals surface area contributed by atoms with Crippen molar-refractivity contribution in [3.05, 3.63) is 179 Å². The van der Waals surface area contributed by atoms with E-state index in [1.165, 1.54) is 66.6 Å². The van der Waals surface area contributed by atoms with E-state index in [1.807, 2.05) is 6.07 Å². The maximum atomic E-state index is 11.6. The number of nitrogens with zero attached hydrogens (tertiary/aromatic N) is 1. The summed E-state index contributed by atoms with van der Waals surface area (Å²) in [5.41, 5.74) is 18.0. The van der Waals surface area contributed by atoms with Crippen LogP contribution in [0.15, 0.2) is 152 Å². The molecule has 0 saturated carbocycles. The molecule has 1 aliphatic heterocycles. The van der Waals surface area contributed by atoms with Crippen LogP contribution in [0.3, 0.4) is 0 Å². The Balaban J connectivity index is 1.24. The minimum Gasteiger partial charge on any atom is -0.369 e. The fraction of sp³-hybridized carbons (Fsp3) is 0.0455. The summed E-state index contributed by atoms with van der Waals surface area (Å²) in [6.45, 7) is 0. The first kappa shape index (κ1) is 24.6. The molecule has 2 nitrogen and oxygen atoms in total. The smallest absolute Gasteiger partial charge is 0.158 e. The van der Waals surface area contributed by atoms with Gasteiger partial charge in [-0.1, -0.05) is 127 Å². The Morgan fingerprint density at radius 3 is 1.70 bits per heavy atom. The molecule has 0 amide bonds. The molecule has 1 aromatic heterocycles. The van der Waals surface area contributed by atoms with Crippen molar-refractivity contribution < 1.29 is 5.11 Å². The minimum absolute atomic E-state index is 0.375. The summed E-state index contributed by atoms with van der Waals surface area (Å²) >= 11 is 0. The summed E-state index contributed by atoms with van der Waals surface area (Å²) in [5, 5.41) is 14.0. The molecule has 1 N–H and O–H groups in total. The normalized spacial score (nSPS) is 15.9. The van der Waals surface area contributed by atoms with Crippen molar-refractivity contribution in [2.45, 2.75) is 11.6 Å². The van der Waals surface area contributed by atoms with Crippen LogP contribution in [0.2, 0.25) is 0 Å². The van der Waals surface area contributed by atoms with Gasteiger partial charge in [0.05, 0.1) is 16.4 Å². The summed E-state index contributed by atoms with van der Waals surface area (Å²) in [4.78, 5) is 0. The lowest BCUT2D eigenvalue weighted by atomic mass is 9.70. The molecule has 1 unspecified atom stereocenters. The van der Waals surface area contributed by atoms with Crippen LogP contribution in [0.4, 0.5) is 0 Å². The largest absolute Gasteiger partial charge is 0.369 e. The molecule has 0 saturated heterocycles. The van der Waals surface area contributed by atoms with E-state index in [0.29, 0.717) is 0 Å². The van der Waals surface area contributed by atoms with E-state index >= 15 is 0 Å². The average Bonchev–Trinajstić information content (AvgIpc) is 3.73. The van der Waals surface area contributed by atoms with E-state index in [1.54, 1.807) is 0 Å². The van der Waals surface area contributed by atoms with Crippen LogP contribution < -0.4 is 0 Å². The molecule has 46 heavy (non-hydrogen) atoms. The van der Waals surface area contributed by atoms with E-state index in [0.717, 1.165) is 27.5 Å². The van der Waals surface area contributed by atoms with Gasteiger partial charge in [-0.3, -0.25) is 0 Å². The molecule has 3 aliphatic rings. The number of aliphatic hydroxyl groups excluding tert-OH is 1. The third-order valence-corrected chi connectivity index (χ3v) is 10.9. The van der Waals surface area contributed by atoms with Gasteiger partial charge in [-0.2, -0.15) is 0 Å². The second kappa shape index (κ2) is 8.51. The molecule has 7 aromatic carbocycles. The predicted octanol–water partition coefficient (Wildman–Crippen LogP) is 10.3. The van der Waals surface area contributed by atoms with Gasteiger partial charge in [-0.15, -0.1) is 0 Å². The topological polar surface area (TPSA) is 25.2 Å². The van der Waals surface area contributed by atoms with E-state index in [-0.39, 0.29) is 5.41 Å². The Kier molecular flexibility index (Phi) is 4.55. The highest BCUT2D eigenvalue weighted by Gasteiger charge is 2.51. The fourth-order valence-electron chi connectivity index (χ4n) is 9.14. The van der Waals surface area contributed by atoms with Gasteiger partial charge in [0.1, 0.15) is 0 Å². The van der Waals surface area contributed by atoms with Gasteiger partial charge in [-0.05, 0) is 85.5 Å². The van der Waals surface area contributed by atoms with E-state index in [2.05, 4.69) is 150 Å². The Labute approximate surface area is 266 Å². The number of hydrogen-bond donors (Lipinski definition) is 1. The lowest BCUT2D eigenvalue weighted by Gasteiger charge is -2.30. The molecule has 0 radical (unpaired) electrons. The van der Waals surface area contributed by atoms with Gasteiger partial charge in [0.2, 0.25) is 0 Å². The quantitative estimate of drug-likeness (QED) is 0.204. The highest BCUT2D eigenvalue weighted by atomic mass is 16.3. The number of para-hydroxylation sites is 1. The zero-order valence-corrected chi connectivity index (χ0v) is 24.9. The van der Waals surface area contributed by atoms with Gasteiger partial charge in [0, 0.05) is 21.9 Å². The predicted molar refractivity (Wildman–Crippen MR) is 187 cm³/mol. The lowest BCUT2D eigenvalue weighted by molar-refractivity contribution is 0.155. The molecule has 2 aliphatic carbocycles. The lowest BCUT2D eigenvalue weighted by Crippen LogP contribution is -2.25. The molecule has 1 atom stereocenters. The third kappa shape index (κ3) is 2.79. The maximum absolute atomic E-state index is 11.6. The van der Waals surface area contributed by atoms with Crippen LogP contribution in [0.5, 0.6) is 0 Å². The van der Waals surface area contributed by atoms with Crippen molar-refractivity contribution in [3.63, 3.8) is 0 Å². The summed E-state index contributed by atoms with van der Waals surface area (Å²) in [6, 6.07) is 55.5. The third-order valence-electron chi connectivity index (χ3n) is 10.9. The second-order valence-electron chi connectivity index (χ2n) is 12.9. The van der Waals surface area contributed by atoms with Crippen LogP contribution in [0, 0.1) is 0 Å². The number of benzene rings is 7. The van der Waals surface area contributed by atoms with Crippen LogP contribution in [0.25, 0.3) is 66.3 Å². The molecule has 2 heteroatoms. The van der Waals surface area contributed by atoms with E-state index < -0.39 is 6.23 Å². The van der Waals surface area contributed by atoms with Gasteiger partial charge >= 0.3 is 0 Å². The fourth-order valence-corrected chi connectivity index (χ4v) is 9.14. The summed E-state index contributed by atoms with van der Waals surface area (Å²) < 4.78 is 2.12. The summed E-state index contributed by atoms with van der Waals surface area (Å²) in [5.74, 6) is 0. The Hall–Kier alpha value is -5.70. The Morgan fingerprint density at radius 1 is 0.435 bits per heavy atom. The zero-order valence-electron chi connectivity index (χ0n) is 24.9. The Bertz CT molecular complexity index is 2560. The molecule has 0 bridgehead atoms. The van der Waals surface area contributed by atoms with Gasteiger partial charge < -0.3 is 9.67 Å². The molecule has 214 valence electrons. The van der Waals surface area contributed by atoms with Crippen LogP contribution >= 0.6 is 0 Å². The van der Waals surface area contributed by atoms with Gasteiger partial charge in [0.15, 0.2) is 6.23 Å². The van der Waals surface area contributed by atoms with Gasteiger partial charge in [-0.25, -0.2) is 0 Å². The number of aliphatic hydroxyl groups is 1. The minimum atomic E-state index is -0.724. The van der Waals surface area contributed by atoms with Crippen molar-refractivity contribution in [1.29, 1.82) is 0 Å². The van der Waals surface area contributed by atoms with Crippen LogP contribution in [-0.4, -0.2) is 9.67 Å². The van der Waals surface area contributed by atoms with Crippen molar-refractivity contribution >= 4 is 21.8 Å². The average molecular weight is 586 g/mol. The monoisotopic (exact) mass is 585 g/mol. The number of aromatic nitrogens is 1. The van der Waals surface area contributed by atoms with Crippen molar-refractivity contribution in [1.82, 2.24) is 4.57 Å². The SMILES string of the molecule is OC1c2ccccc2-c2cc(-c3ccc4c(c3)C3(c5ccccc5-c5ccccc53)c3ccccc3-4)cc3c4ccccc4n1c23. The van der Waals surface area contributed by atoms with Crippen molar-refractivity contribution in [2.75, 3.05) is 0 Å².